The Morgan fingerprint density at radius 3 is 2.33 bits per heavy atom. The Kier molecular flexibility index (Phi) is 4.61. The number of ether oxygens (including phenoxy) is 1. The number of rotatable bonds is 5. The van der Waals surface area contributed by atoms with E-state index in [4.69, 9.17) is 4.74 Å². The van der Waals surface area contributed by atoms with Crippen molar-refractivity contribution in [2.24, 2.45) is 11.8 Å². The zero-order valence-corrected chi connectivity index (χ0v) is 11.1. The van der Waals surface area contributed by atoms with E-state index in [-0.39, 0.29) is 11.9 Å². The summed E-state index contributed by atoms with van der Waals surface area (Å²) in [4.78, 5) is 23.0. The minimum absolute atomic E-state index is 0.0806. The van der Waals surface area contributed by atoms with Crippen molar-refractivity contribution in [1.82, 2.24) is 5.32 Å². The third-order valence-corrected chi connectivity index (χ3v) is 3.90. The number of hydrogen-bond acceptors (Lipinski definition) is 3. The maximum absolute atomic E-state index is 11.6. The number of carbonyl (C=O) groups excluding carboxylic acids is 2. The molecule has 4 heteroatoms. The first kappa shape index (κ1) is 13.4. The van der Waals surface area contributed by atoms with Crippen molar-refractivity contribution in [1.29, 1.82) is 0 Å². The van der Waals surface area contributed by atoms with Gasteiger partial charge in [-0.25, -0.2) is 0 Å². The van der Waals surface area contributed by atoms with E-state index in [9.17, 15) is 9.59 Å². The minimum atomic E-state index is -0.0806. The lowest BCUT2D eigenvalue weighted by atomic mass is 9.84. The Balaban J connectivity index is 1.64. The summed E-state index contributed by atoms with van der Waals surface area (Å²) in [5.74, 6) is 0.896. The second-order valence-electron chi connectivity index (χ2n) is 5.51. The SMILES string of the molecule is CCOC(=O)C[C@H]1CC[C@H](NC(=O)C2CC2)CC1. The van der Waals surface area contributed by atoms with Gasteiger partial charge in [0.25, 0.3) is 0 Å². The molecule has 1 N–H and O–H groups in total. The average molecular weight is 253 g/mol. The summed E-state index contributed by atoms with van der Waals surface area (Å²) < 4.78 is 4.97. The number of carbonyl (C=O) groups is 2. The van der Waals surface area contributed by atoms with Gasteiger partial charge in [0.2, 0.25) is 5.91 Å². The molecule has 0 unspecified atom stereocenters. The van der Waals surface area contributed by atoms with Gasteiger partial charge in [0.15, 0.2) is 0 Å². The largest absolute Gasteiger partial charge is 0.466 e. The lowest BCUT2D eigenvalue weighted by Crippen LogP contribution is -2.38. The number of hydrogen-bond donors (Lipinski definition) is 1. The van der Waals surface area contributed by atoms with Gasteiger partial charge in [-0.05, 0) is 51.4 Å². The van der Waals surface area contributed by atoms with Crippen LogP contribution in [0, 0.1) is 11.8 Å². The summed E-state index contributed by atoms with van der Waals surface area (Å²) >= 11 is 0. The van der Waals surface area contributed by atoms with E-state index >= 15 is 0 Å². The molecule has 0 atom stereocenters. The summed E-state index contributed by atoms with van der Waals surface area (Å²) in [6.07, 6.45) is 6.71. The molecule has 0 aromatic rings. The molecule has 2 aliphatic rings. The Bertz CT molecular complexity index is 304. The molecule has 0 aromatic heterocycles. The van der Waals surface area contributed by atoms with Crippen LogP contribution in [0.5, 0.6) is 0 Å². The first-order valence-electron chi connectivity index (χ1n) is 7.15. The average Bonchev–Trinajstić information content (AvgIpc) is 3.16. The highest BCUT2D eigenvalue weighted by atomic mass is 16.5. The normalized spacial score (nSPS) is 27.6. The van der Waals surface area contributed by atoms with Crippen LogP contribution >= 0.6 is 0 Å². The third kappa shape index (κ3) is 4.00. The highest BCUT2D eigenvalue weighted by Crippen LogP contribution is 2.31. The summed E-state index contributed by atoms with van der Waals surface area (Å²) in [6.45, 7) is 2.30. The fourth-order valence-electron chi connectivity index (χ4n) is 2.63. The highest BCUT2D eigenvalue weighted by Gasteiger charge is 2.32. The van der Waals surface area contributed by atoms with Crippen molar-refractivity contribution in [3.63, 3.8) is 0 Å². The van der Waals surface area contributed by atoms with Crippen molar-refractivity contribution in [3.05, 3.63) is 0 Å². The van der Waals surface area contributed by atoms with E-state index < -0.39 is 0 Å². The first-order valence-corrected chi connectivity index (χ1v) is 7.15. The molecular formula is C14H23NO3. The molecule has 102 valence electrons. The second kappa shape index (κ2) is 6.21. The molecule has 0 bridgehead atoms. The zero-order chi connectivity index (χ0) is 13.0. The predicted octanol–water partition coefficient (Wildman–Crippen LogP) is 2.02. The Hall–Kier alpha value is -1.06. The molecule has 0 radical (unpaired) electrons. The van der Waals surface area contributed by atoms with Crippen molar-refractivity contribution < 1.29 is 14.3 Å². The van der Waals surface area contributed by atoms with Crippen molar-refractivity contribution in [2.45, 2.75) is 57.9 Å². The summed E-state index contributed by atoms with van der Waals surface area (Å²) in [5.41, 5.74) is 0. The summed E-state index contributed by atoms with van der Waals surface area (Å²) in [7, 11) is 0. The van der Waals surface area contributed by atoms with Crippen LogP contribution in [0.3, 0.4) is 0 Å². The predicted molar refractivity (Wildman–Crippen MR) is 67.9 cm³/mol. The topological polar surface area (TPSA) is 55.4 Å². The van der Waals surface area contributed by atoms with E-state index in [2.05, 4.69) is 5.32 Å². The van der Waals surface area contributed by atoms with Gasteiger partial charge in [0, 0.05) is 18.4 Å². The third-order valence-electron chi connectivity index (χ3n) is 3.90. The molecule has 18 heavy (non-hydrogen) atoms. The van der Waals surface area contributed by atoms with Crippen LogP contribution in [0.4, 0.5) is 0 Å². The van der Waals surface area contributed by atoms with Crippen LogP contribution in [0.15, 0.2) is 0 Å². The molecule has 1 amide bonds. The Morgan fingerprint density at radius 2 is 1.78 bits per heavy atom. The van der Waals surface area contributed by atoms with Crippen molar-refractivity contribution in [3.8, 4) is 0 Å². The number of esters is 1. The fourth-order valence-corrected chi connectivity index (χ4v) is 2.63. The first-order chi connectivity index (χ1) is 8.69. The molecule has 0 aliphatic heterocycles. The van der Waals surface area contributed by atoms with Gasteiger partial charge in [0.05, 0.1) is 6.61 Å². The molecule has 2 fully saturated rings. The minimum Gasteiger partial charge on any atom is -0.466 e. The van der Waals surface area contributed by atoms with E-state index in [1.165, 1.54) is 0 Å². The highest BCUT2D eigenvalue weighted by molar-refractivity contribution is 5.81. The van der Waals surface area contributed by atoms with Gasteiger partial charge in [-0.3, -0.25) is 9.59 Å². The molecule has 0 spiro atoms. The van der Waals surface area contributed by atoms with Crippen LogP contribution in [-0.4, -0.2) is 24.5 Å². The van der Waals surface area contributed by atoms with E-state index in [0.717, 1.165) is 38.5 Å². The molecular weight excluding hydrogens is 230 g/mol. The maximum Gasteiger partial charge on any atom is 0.306 e. The van der Waals surface area contributed by atoms with Crippen LogP contribution in [0.25, 0.3) is 0 Å². The Morgan fingerprint density at radius 1 is 1.11 bits per heavy atom. The Labute approximate surface area is 108 Å². The van der Waals surface area contributed by atoms with E-state index in [0.29, 0.717) is 30.9 Å². The van der Waals surface area contributed by atoms with Crippen LogP contribution in [-0.2, 0) is 14.3 Å². The van der Waals surface area contributed by atoms with E-state index in [1.54, 1.807) is 0 Å². The molecule has 4 nitrogen and oxygen atoms in total. The molecule has 0 heterocycles. The second-order valence-corrected chi connectivity index (χ2v) is 5.51. The standard InChI is InChI=1S/C14H23NO3/c1-2-18-13(16)9-10-3-7-12(8-4-10)15-14(17)11-5-6-11/h10-12H,2-9H2,1H3,(H,15,17)/t10-,12-. The monoisotopic (exact) mass is 253 g/mol. The van der Waals surface area contributed by atoms with E-state index in [1.807, 2.05) is 6.92 Å². The molecule has 2 saturated carbocycles. The van der Waals surface area contributed by atoms with Gasteiger partial charge in [-0.1, -0.05) is 0 Å². The number of nitrogens with one attached hydrogen (secondary N) is 1. The maximum atomic E-state index is 11.6. The van der Waals surface area contributed by atoms with Gasteiger partial charge < -0.3 is 10.1 Å². The summed E-state index contributed by atoms with van der Waals surface area (Å²) in [5, 5.41) is 3.12. The molecule has 2 rings (SSSR count). The lowest BCUT2D eigenvalue weighted by molar-refractivity contribution is -0.144. The molecule has 2 aliphatic carbocycles. The quantitative estimate of drug-likeness (QED) is 0.763. The smallest absolute Gasteiger partial charge is 0.306 e. The van der Waals surface area contributed by atoms with Gasteiger partial charge >= 0.3 is 5.97 Å². The van der Waals surface area contributed by atoms with Crippen LogP contribution in [0.1, 0.15) is 51.9 Å². The van der Waals surface area contributed by atoms with Crippen molar-refractivity contribution >= 4 is 11.9 Å². The van der Waals surface area contributed by atoms with Crippen molar-refractivity contribution in [2.75, 3.05) is 6.61 Å². The van der Waals surface area contributed by atoms with Gasteiger partial charge in [-0.15, -0.1) is 0 Å². The van der Waals surface area contributed by atoms with Gasteiger partial charge in [0.1, 0.15) is 0 Å². The number of amides is 1. The molecule has 0 saturated heterocycles. The van der Waals surface area contributed by atoms with Crippen LogP contribution in [0.2, 0.25) is 0 Å². The summed E-state index contributed by atoms with van der Waals surface area (Å²) in [6, 6.07) is 0.330. The zero-order valence-electron chi connectivity index (χ0n) is 11.1. The van der Waals surface area contributed by atoms with Gasteiger partial charge in [-0.2, -0.15) is 0 Å². The molecule has 0 aromatic carbocycles. The fraction of sp³-hybridized carbons (Fsp3) is 0.857. The van der Waals surface area contributed by atoms with Crippen LogP contribution < -0.4 is 5.32 Å². The lowest BCUT2D eigenvalue weighted by Gasteiger charge is -2.28.